The first-order valence-electron chi connectivity index (χ1n) is 15.4. The summed E-state index contributed by atoms with van der Waals surface area (Å²) in [5.41, 5.74) is 2.59. The maximum atomic E-state index is 13.7. The summed E-state index contributed by atoms with van der Waals surface area (Å²) in [6.45, 7) is 2.86. The lowest BCUT2D eigenvalue weighted by Gasteiger charge is -2.33. The van der Waals surface area contributed by atoms with E-state index in [0.29, 0.717) is 41.7 Å². The second-order valence-electron chi connectivity index (χ2n) is 10.9. The third-order valence-electron chi connectivity index (χ3n) is 7.54. The number of para-hydroxylation sites is 2. The number of anilines is 2. The standard InChI is InChI=1S/C39H30Cl2N2O6/c1-2-47-35-23-27(18-19-34(35)48-24-26-12-6-3-7-13-26)25-49-36-32(40)21-28(22-33(36)41)20-31-37(44)42(29-14-8-4-9-15-29)39(46)43(38(31)45)30-16-10-5-11-17-30/h3-23H,2,24-25H2,1H3. The molecule has 0 aromatic heterocycles. The zero-order valence-electron chi connectivity index (χ0n) is 26.3. The summed E-state index contributed by atoms with van der Waals surface area (Å²) < 4.78 is 17.9. The maximum absolute atomic E-state index is 13.7. The Morgan fingerprint density at radius 3 is 1.67 bits per heavy atom. The van der Waals surface area contributed by atoms with Crippen molar-refractivity contribution in [3.63, 3.8) is 0 Å². The highest BCUT2D eigenvalue weighted by atomic mass is 35.5. The zero-order chi connectivity index (χ0) is 34.3. The lowest BCUT2D eigenvalue weighted by molar-refractivity contribution is -0.121. The molecule has 1 aliphatic rings. The van der Waals surface area contributed by atoms with Gasteiger partial charge in [-0.2, -0.15) is 0 Å². The van der Waals surface area contributed by atoms with Crippen molar-refractivity contribution >= 4 is 58.5 Å². The molecular weight excluding hydrogens is 663 g/mol. The highest BCUT2D eigenvalue weighted by Crippen LogP contribution is 2.37. The van der Waals surface area contributed by atoms with Crippen molar-refractivity contribution in [3.05, 3.63) is 154 Å². The molecule has 1 fully saturated rings. The van der Waals surface area contributed by atoms with E-state index < -0.39 is 17.8 Å². The van der Waals surface area contributed by atoms with Gasteiger partial charge in [-0.3, -0.25) is 9.59 Å². The number of amides is 4. The Kier molecular flexibility index (Phi) is 10.3. The number of urea groups is 1. The highest BCUT2D eigenvalue weighted by Gasteiger charge is 2.43. The van der Waals surface area contributed by atoms with E-state index in [2.05, 4.69) is 0 Å². The molecule has 0 atom stereocenters. The number of rotatable bonds is 11. The van der Waals surface area contributed by atoms with E-state index in [4.69, 9.17) is 37.4 Å². The molecule has 246 valence electrons. The Balaban J connectivity index is 1.24. The second-order valence-corrected chi connectivity index (χ2v) is 11.7. The molecule has 10 heteroatoms. The lowest BCUT2D eigenvalue weighted by Crippen LogP contribution is -2.57. The Bertz CT molecular complexity index is 1930. The molecule has 0 aliphatic carbocycles. The summed E-state index contributed by atoms with van der Waals surface area (Å²) in [7, 11) is 0. The smallest absolute Gasteiger partial charge is 0.343 e. The first kappa shape index (κ1) is 33.3. The molecular formula is C39H30Cl2N2O6. The molecule has 0 N–H and O–H groups in total. The van der Waals surface area contributed by atoms with Crippen LogP contribution in [0.3, 0.4) is 0 Å². The molecule has 1 aliphatic heterocycles. The summed E-state index contributed by atoms with van der Waals surface area (Å²) in [5.74, 6) is -0.146. The average Bonchev–Trinajstić information content (AvgIpc) is 3.11. The molecule has 0 spiro atoms. The average molecular weight is 694 g/mol. The van der Waals surface area contributed by atoms with Gasteiger partial charge in [0.1, 0.15) is 18.8 Å². The van der Waals surface area contributed by atoms with Gasteiger partial charge in [-0.05, 0) is 78.2 Å². The fourth-order valence-corrected chi connectivity index (χ4v) is 5.84. The Morgan fingerprint density at radius 2 is 1.12 bits per heavy atom. The Hall–Kier alpha value is -5.57. The minimum absolute atomic E-state index is 0.121. The van der Waals surface area contributed by atoms with E-state index in [0.717, 1.165) is 20.9 Å². The van der Waals surface area contributed by atoms with Crippen LogP contribution < -0.4 is 24.0 Å². The number of barbiturate groups is 1. The van der Waals surface area contributed by atoms with E-state index in [-0.39, 0.29) is 28.0 Å². The summed E-state index contributed by atoms with van der Waals surface area (Å²) in [6.07, 6.45) is 1.37. The molecule has 5 aromatic rings. The quantitative estimate of drug-likeness (QED) is 0.101. The molecule has 49 heavy (non-hydrogen) atoms. The molecule has 0 saturated carbocycles. The van der Waals surface area contributed by atoms with E-state index in [1.54, 1.807) is 72.8 Å². The van der Waals surface area contributed by atoms with Gasteiger partial charge in [-0.25, -0.2) is 14.6 Å². The number of benzene rings is 5. The second kappa shape index (κ2) is 15.1. The molecule has 4 amide bonds. The first-order valence-corrected chi connectivity index (χ1v) is 16.2. The van der Waals surface area contributed by atoms with Gasteiger partial charge in [-0.1, -0.05) is 96.0 Å². The summed E-state index contributed by atoms with van der Waals surface area (Å²) in [4.78, 5) is 42.9. The molecule has 1 heterocycles. The highest BCUT2D eigenvalue weighted by molar-refractivity contribution is 6.46. The maximum Gasteiger partial charge on any atom is 0.343 e. The van der Waals surface area contributed by atoms with Gasteiger partial charge in [0.25, 0.3) is 11.8 Å². The van der Waals surface area contributed by atoms with Gasteiger partial charge >= 0.3 is 6.03 Å². The van der Waals surface area contributed by atoms with Crippen LogP contribution in [-0.4, -0.2) is 24.5 Å². The van der Waals surface area contributed by atoms with Crippen molar-refractivity contribution in [3.8, 4) is 17.2 Å². The number of imide groups is 2. The lowest BCUT2D eigenvalue weighted by atomic mass is 10.0. The van der Waals surface area contributed by atoms with Crippen LogP contribution in [0.2, 0.25) is 10.0 Å². The molecule has 6 rings (SSSR count). The number of halogens is 2. The Morgan fingerprint density at radius 1 is 0.592 bits per heavy atom. The molecule has 0 unspecified atom stereocenters. The van der Waals surface area contributed by atoms with Crippen LogP contribution in [0, 0.1) is 0 Å². The topological polar surface area (TPSA) is 85.4 Å². The number of ether oxygens (including phenoxy) is 3. The van der Waals surface area contributed by atoms with Crippen LogP contribution in [0.25, 0.3) is 6.08 Å². The summed E-state index contributed by atoms with van der Waals surface area (Å²) in [6, 6.07) is 34.5. The van der Waals surface area contributed by atoms with Crippen molar-refractivity contribution in [1.82, 2.24) is 0 Å². The third-order valence-corrected chi connectivity index (χ3v) is 8.10. The monoisotopic (exact) mass is 692 g/mol. The zero-order valence-corrected chi connectivity index (χ0v) is 27.9. The van der Waals surface area contributed by atoms with Crippen molar-refractivity contribution in [1.29, 1.82) is 0 Å². The Labute approximate surface area is 293 Å². The molecule has 8 nitrogen and oxygen atoms in total. The number of nitrogens with zero attached hydrogens (tertiary/aromatic N) is 2. The predicted octanol–water partition coefficient (Wildman–Crippen LogP) is 9.13. The van der Waals surface area contributed by atoms with Gasteiger partial charge < -0.3 is 14.2 Å². The first-order chi connectivity index (χ1) is 23.8. The number of hydrogen-bond donors (Lipinski definition) is 0. The third kappa shape index (κ3) is 7.46. The van der Waals surface area contributed by atoms with Crippen LogP contribution in [0.4, 0.5) is 16.2 Å². The van der Waals surface area contributed by atoms with Crippen LogP contribution >= 0.6 is 23.2 Å². The van der Waals surface area contributed by atoms with Gasteiger partial charge in [0.05, 0.1) is 28.0 Å². The van der Waals surface area contributed by atoms with Crippen LogP contribution in [-0.2, 0) is 22.8 Å². The SMILES string of the molecule is CCOc1cc(COc2c(Cl)cc(C=C3C(=O)N(c4ccccc4)C(=O)N(c4ccccc4)C3=O)cc2Cl)ccc1OCc1ccccc1. The number of hydrogen-bond acceptors (Lipinski definition) is 6. The largest absolute Gasteiger partial charge is 0.490 e. The van der Waals surface area contributed by atoms with Crippen molar-refractivity contribution in [2.45, 2.75) is 20.1 Å². The molecule has 5 aromatic carbocycles. The van der Waals surface area contributed by atoms with E-state index in [9.17, 15) is 14.4 Å². The fraction of sp³-hybridized carbons (Fsp3) is 0.103. The van der Waals surface area contributed by atoms with Gasteiger partial charge in [0.15, 0.2) is 17.2 Å². The van der Waals surface area contributed by atoms with E-state index in [1.807, 2.05) is 55.5 Å². The van der Waals surface area contributed by atoms with Gasteiger partial charge in [-0.15, -0.1) is 0 Å². The minimum Gasteiger partial charge on any atom is -0.490 e. The van der Waals surface area contributed by atoms with Crippen molar-refractivity contribution < 1.29 is 28.6 Å². The van der Waals surface area contributed by atoms with Crippen LogP contribution in [0.5, 0.6) is 17.2 Å². The normalized spacial score (nSPS) is 13.0. The van der Waals surface area contributed by atoms with Gasteiger partial charge in [0, 0.05) is 0 Å². The molecule has 0 radical (unpaired) electrons. The fourth-order valence-electron chi connectivity index (χ4n) is 5.23. The van der Waals surface area contributed by atoms with E-state index in [1.165, 1.54) is 6.08 Å². The van der Waals surface area contributed by atoms with Crippen molar-refractivity contribution in [2.24, 2.45) is 0 Å². The van der Waals surface area contributed by atoms with Crippen molar-refractivity contribution in [2.75, 3.05) is 16.4 Å². The molecule has 0 bridgehead atoms. The van der Waals surface area contributed by atoms with E-state index >= 15 is 0 Å². The van der Waals surface area contributed by atoms with Crippen LogP contribution in [0.1, 0.15) is 23.6 Å². The molecule has 1 saturated heterocycles. The summed E-state index contributed by atoms with van der Waals surface area (Å²) in [5, 5.41) is 0.331. The minimum atomic E-state index is -0.785. The van der Waals surface area contributed by atoms with Gasteiger partial charge in [0.2, 0.25) is 0 Å². The number of carbonyl (C=O) groups is 3. The summed E-state index contributed by atoms with van der Waals surface area (Å²) >= 11 is 13.3. The number of carbonyl (C=O) groups excluding carboxylic acids is 3. The van der Waals surface area contributed by atoms with Crippen LogP contribution in [0.15, 0.2) is 127 Å². The predicted molar refractivity (Wildman–Crippen MR) is 190 cm³/mol.